The highest BCUT2D eigenvalue weighted by Crippen LogP contribution is 2.42. The maximum absolute atomic E-state index is 12.6. The van der Waals surface area contributed by atoms with E-state index in [0.717, 1.165) is 56.1 Å². The molecule has 0 spiro atoms. The highest BCUT2D eigenvalue weighted by Gasteiger charge is 2.30. The molecule has 2 aromatic rings. The van der Waals surface area contributed by atoms with Crippen LogP contribution in [0.25, 0.3) is 10.4 Å². The highest BCUT2D eigenvalue weighted by molar-refractivity contribution is 7.91. The van der Waals surface area contributed by atoms with Crippen LogP contribution < -0.4 is 5.32 Å². The summed E-state index contributed by atoms with van der Waals surface area (Å²) < 4.78 is 25.0. The van der Waals surface area contributed by atoms with Gasteiger partial charge >= 0.3 is 0 Å². The molecule has 3 heterocycles. The summed E-state index contributed by atoms with van der Waals surface area (Å²) in [6.45, 7) is 9.35. The molecule has 0 radical (unpaired) electrons. The van der Waals surface area contributed by atoms with Crippen LogP contribution in [0.1, 0.15) is 28.6 Å². The van der Waals surface area contributed by atoms with Gasteiger partial charge < -0.3 is 15.1 Å². The molecule has 2 aliphatic heterocycles. The first-order valence-corrected chi connectivity index (χ1v) is 12.6. The van der Waals surface area contributed by atoms with Gasteiger partial charge in [0.1, 0.15) is 0 Å². The number of amides is 1. The van der Waals surface area contributed by atoms with Crippen LogP contribution in [0.15, 0.2) is 35.2 Å². The van der Waals surface area contributed by atoms with Gasteiger partial charge in [0.05, 0.1) is 15.5 Å². The SMILES string of the molecule is CCN1CCN(CCCNC(=O)c2cc3c(s2)-c2ccccc2S(=O)(=O)C3)CC1. The molecule has 1 saturated heterocycles. The van der Waals surface area contributed by atoms with Crippen molar-refractivity contribution < 1.29 is 13.2 Å². The molecule has 0 aliphatic carbocycles. The van der Waals surface area contributed by atoms with E-state index in [1.165, 1.54) is 11.3 Å². The van der Waals surface area contributed by atoms with Crippen molar-refractivity contribution in [2.45, 2.75) is 24.0 Å². The number of piperazine rings is 1. The Morgan fingerprint density at radius 1 is 1.14 bits per heavy atom. The summed E-state index contributed by atoms with van der Waals surface area (Å²) in [5, 5.41) is 3.00. The van der Waals surface area contributed by atoms with Gasteiger partial charge in [-0.05, 0) is 37.2 Å². The molecule has 29 heavy (non-hydrogen) atoms. The zero-order valence-electron chi connectivity index (χ0n) is 16.7. The lowest BCUT2D eigenvalue weighted by Gasteiger charge is -2.33. The summed E-state index contributed by atoms with van der Waals surface area (Å²) in [5.41, 5.74) is 1.44. The Labute approximate surface area is 176 Å². The van der Waals surface area contributed by atoms with Crippen molar-refractivity contribution in [1.29, 1.82) is 0 Å². The second kappa shape index (κ2) is 8.55. The third-order valence-electron chi connectivity index (χ3n) is 5.69. The van der Waals surface area contributed by atoms with Crippen LogP contribution in [0.4, 0.5) is 0 Å². The highest BCUT2D eigenvalue weighted by atomic mass is 32.2. The van der Waals surface area contributed by atoms with Crippen molar-refractivity contribution >= 4 is 27.1 Å². The van der Waals surface area contributed by atoms with Crippen molar-refractivity contribution in [2.24, 2.45) is 0 Å². The Bertz CT molecular complexity index is 992. The van der Waals surface area contributed by atoms with Gasteiger partial charge in [-0.15, -0.1) is 11.3 Å². The Balaban J connectivity index is 1.34. The molecule has 0 bridgehead atoms. The Morgan fingerprint density at radius 3 is 2.62 bits per heavy atom. The Hall–Kier alpha value is -1.74. The Kier molecular flexibility index (Phi) is 6.06. The third kappa shape index (κ3) is 4.40. The van der Waals surface area contributed by atoms with Crippen molar-refractivity contribution in [3.8, 4) is 10.4 Å². The van der Waals surface area contributed by atoms with E-state index in [0.29, 0.717) is 21.9 Å². The fourth-order valence-corrected chi connectivity index (χ4v) is 6.88. The average Bonchev–Trinajstić information content (AvgIpc) is 3.15. The minimum Gasteiger partial charge on any atom is -0.351 e. The van der Waals surface area contributed by atoms with Gasteiger partial charge in [0.15, 0.2) is 9.84 Å². The number of likely N-dealkylation sites (N-methyl/N-ethyl adjacent to an activating group) is 1. The number of fused-ring (bicyclic) bond motifs is 3. The maximum atomic E-state index is 12.6. The van der Waals surface area contributed by atoms with E-state index >= 15 is 0 Å². The largest absolute Gasteiger partial charge is 0.351 e. The second-order valence-corrected chi connectivity index (χ2v) is 10.6. The van der Waals surface area contributed by atoms with Gasteiger partial charge in [0, 0.05) is 43.2 Å². The summed E-state index contributed by atoms with van der Waals surface area (Å²) in [5.74, 6) is -0.151. The predicted octanol–water partition coefficient (Wildman–Crippen LogP) is 2.46. The van der Waals surface area contributed by atoms with Gasteiger partial charge in [-0.1, -0.05) is 25.1 Å². The first-order valence-electron chi connectivity index (χ1n) is 10.2. The molecule has 8 heteroatoms. The molecule has 1 amide bonds. The molecule has 0 unspecified atom stereocenters. The smallest absolute Gasteiger partial charge is 0.261 e. The molecule has 4 rings (SSSR count). The van der Waals surface area contributed by atoms with E-state index in [4.69, 9.17) is 0 Å². The van der Waals surface area contributed by atoms with Gasteiger partial charge in [-0.3, -0.25) is 4.79 Å². The van der Waals surface area contributed by atoms with E-state index in [-0.39, 0.29) is 11.7 Å². The van der Waals surface area contributed by atoms with E-state index < -0.39 is 9.84 Å². The van der Waals surface area contributed by atoms with Crippen molar-refractivity contribution in [2.75, 3.05) is 45.8 Å². The number of benzene rings is 1. The first-order chi connectivity index (χ1) is 14.0. The number of carbonyl (C=O) groups excluding carboxylic acids is 1. The standard InChI is InChI=1S/C21H27N3O3S2/c1-2-23-10-12-24(13-11-23)9-5-8-22-21(25)18-14-16-15-29(26,27)19-7-4-3-6-17(19)20(16)28-18/h3-4,6-7,14H,2,5,8-13,15H2,1H3,(H,22,25). The maximum Gasteiger partial charge on any atom is 0.261 e. The number of sulfone groups is 1. The molecule has 1 aromatic carbocycles. The van der Waals surface area contributed by atoms with Crippen LogP contribution in [-0.2, 0) is 15.6 Å². The topological polar surface area (TPSA) is 69.7 Å². The van der Waals surface area contributed by atoms with E-state index in [2.05, 4.69) is 22.0 Å². The summed E-state index contributed by atoms with van der Waals surface area (Å²) >= 11 is 1.38. The summed E-state index contributed by atoms with van der Waals surface area (Å²) in [4.78, 5) is 19.3. The van der Waals surface area contributed by atoms with Crippen LogP contribution >= 0.6 is 11.3 Å². The van der Waals surface area contributed by atoms with Crippen LogP contribution in [0.3, 0.4) is 0 Å². The van der Waals surface area contributed by atoms with Crippen LogP contribution in [-0.4, -0.2) is 69.9 Å². The molecule has 6 nitrogen and oxygen atoms in total. The lowest BCUT2D eigenvalue weighted by molar-refractivity contribution is 0.0952. The lowest BCUT2D eigenvalue weighted by Crippen LogP contribution is -2.46. The van der Waals surface area contributed by atoms with Crippen LogP contribution in [0, 0.1) is 0 Å². The molecule has 1 fully saturated rings. The van der Waals surface area contributed by atoms with Crippen molar-refractivity contribution in [3.63, 3.8) is 0 Å². The third-order valence-corrected chi connectivity index (χ3v) is 8.62. The zero-order chi connectivity index (χ0) is 20.4. The minimum absolute atomic E-state index is 0.0349. The number of rotatable bonds is 6. The minimum atomic E-state index is -3.34. The predicted molar refractivity (Wildman–Crippen MR) is 116 cm³/mol. The molecule has 156 valence electrons. The fraction of sp³-hybridized carbons (Fsp3) is 0.476. The Morgan fingerprint density at radius 2 is 1.86 bits per heavy atom. The normalized spacial score (nSPS) is 18.8. The number of hydrogen-bond acceptors (Lipinski definition) is 6. The van der Waals surface area contributed by atoms with Crippen LogP contribution in [0.5, 0.6) is 0 Å². The average molecular weight is 434 g/mol. The number of nitrogens with one attached hydrogen (secondary N) is 1. The summed E-state index contributed by atoms with van der Waals surface area (Å²) in [6.07, 6.45) is 0.917. The number of carbonyl (C=O) groups is 1. The summed E-state index contributed by atoms with van der Waals surface area (Å²) in [7, 11) is -3.34. The molecule has 0 atom stereocenters. The van der Waals surface area contributed by atoms with Gasteiger partial charge in [0.25, 0.3) is 5.91 Å². The van der Waals surface area contributed by atoms with Gasteiger partial charge in [0.2, 0.25) is 0 Å². The number of hydrogen-bond donors (Lipinski definition) is 1. The monoisotopic (exact) mass is 433 g/mol. The zero-order valence-corrected chi connectivity index (χ0v) is 18.3. The molecule has 0 saturated carbocycles. The number of thiophene rings is 1. The molecular formula is C21H27N3O3S2. The van der Waals surface area contributed by atoms with Gasteiger partial charge in [-0.2, -0.15) is 0 Å². The number of nitrogens with zero attached hydrogens (tertiary/aromatic N) is 2. The molecular weight excluding hydrogens is 406 g/mol. The van der Waals surface area contributed by atoms with Crippen molar-refractivity contribution in [3.05, 3.63) is 40.8 Å². The van der Waals surface area contributed by atoms with Crippen LogP contribution in [0.2, 0.25) is 0 Å². The van der Waals surface area contributed by atoms with E-state index in [1.807, 2.05) is 12.1 Å². The second-order valence-electron chi connectivity index (χ2n) is 7.61. The first kappa shape index (κ1) is 20.5. The van der Waals surface area contributed by atoms with E-state index in [1.54, 1.807) is 18.2 Å². The quantitative estimate of drug-likeness (QED) is 0.709. The lowest BCUT2D eigenvalue weighted by atomic mass is 10.1. The molecule has 1 aromatic heterocycles. The van der Waals surface area contributed by atoms with E-state index in [9.17, 15) is 13.2 Å². The molecule has 2 aliphatic rings. The van der Waals surface area contributed by atoms with Gasteiger partial charge in [-0.25, -0.2) is 8.42 Å². The van der Waals surface area contributed by atoms with Crippen molar-refractivity contribution in [1.82, 2.24) is 15.1 Å². The molecule has 1 N–H and O–H groups in total. The fourth-order valence-electron chi connectivity index (χ4n) is 4.00. The summed E-state index contributed by atoms with van der Waals surface area (Å²) in [6, 6.07) is 8.79.